The Morgan fingerprint density at radius 3 is 2.59 bits per heavy atom. The largest absolute Gasteiger partial charge is 0.473 e. The van der Waals surface area contributed by atoms with Gasteiger partial charge in [0.05, 0.1) is 39.8 Å². The van der Waals surface area contributed by atoms with Gasteiger partial charge in [0.25, 0.3) is 11.8 Å². The topological polar surface area (TPSA) is 136 Å². The molecule has 34 heavy (non-hydrogen) atoms. The molecule has 2 aliphatic carbocycles. The fourth-order valence-electron chi connectivity index (χ4n) is 5.04. The Morgan fingerprint density at radius 2 is 1.94 bits per heavy atom. The van der Waals surface area contributed by atoms with E-state index < -0.39 is 5.91 Å². The second-order valence-corrected chi connectivity index (χ2v) is 10.4. The Bertz CT molecular complexity index is 1310. The van der Waals surface area contributed by atoms with Crippen LogP contribution in [0.4, 0.5) is 0 Å². The fourth-order valence-corrected chi connectivity index (χ4v) is 5.75. The number of hydrogen-bond acceptors (Lipinski definition) is 7. The Hall–Kier alpha value is -3.71. The van der Waals surface area contributed by atoms with E-state index in [0.717, 1.165) is 42.1 Å². The van der Waals surface area contributed by atoms with E-state index in [9.17, 15) is 9.59 Å². The van der Waals surface area contributed by atoms with Crippen molar-refractivity contribution >= 4 is 23.2 Å². The molecule has 2 heterocycles. The number of benzene rings is 1. The summed E-state index contributed by atoms with van der Waals surface area (Å²) >= 11 is 1.25. The van der Waals surface area contributed by atoms with Gasteiger partial charge >= 0.3 is 0 Å². The maximum absolute atomic E-state index is 12.9. The van der Waals surface area contributed by atoms with Gasteiger partial charge in [0, 0.05) is 6.04 Å². The first kappa shape index (κ1) is 22.1. The highest BCUT2D eigenvalue weighted by atomic mass is 32.1. The number of hydrogen-bond donors (Lipinski definition) is 2. The van der Waals surface area contributed by atoms with E-state index in [4.69, 9.17) is 15.7 Å². The van der Waals surface area contributed by atoms with Gasteiger partial charge in [-0.15, -0.1) is 11.3 Å². The van der Waals surface area contributed by atoms with Crippen molar-refractivity contribution in [2.45, 2.75) is 51.7 Å². The molecular formula is C24H24N6O3S. The highest BCUT2D eigenvalue weighted by Crippen LogP contribution is 2.57. The number of nitrogens with one attached hydrogen (secondary N) is 1. The van der Waals surface area contributed by atoms with Crippen LogP contribution in [0.5, 0.6) is 5.88 Å². The number of carbonyl (C=O) groups excluding carboxylic acids is 2. The highest BCUT2D eigenvalue weighted by Gasteiger charge is 2.54. The molecule has 0 atom stereocenters. The highest BCUT2D eigenvalue weighted by molar-refractivity contribution is 7.13. The Balaban J connectivity index is 1.14. The summed E-state index contributed by atoms with van der Waals surface area (Å²) in [6, 6.07) is 9.29. The van der Waals surface area contributed by atoms with Crippen molar-refractivity contribution in [3.63, 3.8) is 0 Å². The third-order valence-corrected chi connectivity index (χ3v) is 7.68. The normalized spacial score (nSPS) is 23.0. The number of aryl methyl sites for hydroxylation is 1. The number of nitriles is 1. The fraction of sp³-hybridized carbons (Fsp3) is 0.375. The van der Waals surface area contributed by atoms with Gasteiger partial charge in [-0.3, -0.25) is 9.59 Å². The first-order valence-corrected chi connectivity index (χ1v) is 11.9. The predicted octanol–water partition coefficient (Wildman–Crippen LogP) is 3.04. The first-order chi connectivity index (χ1) is 16.3. The lowest BCUT2D eigenvalue weighted by molar-refractivity contribution is -0.0846. The van der Waals surface area contributed by atoms with E-state index in [1.54, 1.807) is 23.0 Å². The minimum Gasteiger partial charge on any atom is -0.473 e. The van der Waals surface area contributed by atoms with Gasteiger partial charge in [-0.25, -0.2) is 9.67 Å². The second-order valence-electron chi connectivity index (χ2n) is 9.17. The summed E-state index contributed by atoms with van der Waals surface area (Å²) in [5, 5.41) is 17.2. The molecule has 3 aromatic rings. The molecule has 5 rings (SSSR count). The summed E-state index contributed by atoms with van der Waals surface area (Å²) in [4.78, 5) is 29.1. The van der Waals surface area contributed by atoms with Crippen molar-refractivity contribution in [3.8, 4) is 17.6 Å². The number of primary amides is 1. The van der Waals surface area contributed by atoms with E-state index in [1.165, 1.54) is 11.3 Å². The number of carbonyl (C=O) groups is 2. The molecule has 2 fully saturated rings. The van der Waals surface area contributed by atoms with Crippen LogP contribution < -0.4 is 15.8 Å². The number of aromatic nitrogens is 3. The van der Waals surface area contributed by atoms with E-state index in [1.807, 2.05) is 26.0 Å². The summed E-state index contributed by atoms with van der Waals surface area (Å²) in [5.74, 6) is -0.305. The zero-order valence-electron chi connectivity index (χ0n) is 18.9. The number of ether oxygens (including phenoxy) is 1. The number of nitrogens with zero attached hydrogens (tertiary/aromatic N) is 4. The molecule has 2 aromatic heterocycles. The number of nitrogens with two attached hydrogens (primary N) is 1. The van der Waals surface area contributed by atoms with Crippen LogP contribution in [-0.4, -0.2) is 38.7 Å². The summed E-state index contributed by atoms with van der Waals surface area (Å²) in [5.41, 5.74) is 8.26. The lowest BCUT2D eigenvalue weighted by Gasteiger charge is -2.57. The van der Waals surface area contributed by atoms with Gasteiger partial charge in [0.1, 0.15) is 6.10 Å². The minimum absolute atomic E-state index is 0.0177. The molecule has 1 spiro atoms. The lowest BCUT2D eigenvalue weighted by atomic mass is 9.53. The summed E-state index contributed by atoms with van der Waals surface area (Å²) < 4.78 is 7.64. The molecule has 0 aliphatic heterocycles. The smallest absolute Gasteiger partial charge is 0.264 e. The average Bonchev–Trinajstić information content (AvgIpc) is 3.33. The van der Waals surface area contributed by atoms with Gasteiger partial charge in [0.15, 0.2) is 4.88 Å². The van der Waals surface area contributed by atoms with E-state index in [-0.39, 0.29) is 23.5 Å². The molecule has 1 aromatic carbocycles. The van der Waals surface area contributed by atoms with Crippen LogP contribution in [-0.2, 0) is 0 Å². The number of rotatable bonds is 6. The van der Waals surface area contributed by atoms with Crippen molar-refractivity contribution in [1.29, 1.82) is 5.26 Å². The van der Waals surface area contributed by atoms with Crippen LogP contribution in [0.1, 0.15) is 62.0 Å². The maximum Gasteiger partial charge on any atom is 0.264 e. The molecule has 0 saturated heterocycles. The van der Waals surface area contributed by atoms with E-state index in [0.29, 0.717) is 21.9 Å². The quantitative estimate of drug-likeness (QED) is 0.561. The van der Waals surface area contributed by atoms with Crippen molar-refractivity contribution < 1.29 is 14.3 Å². The van der Waals surface area contributed by atoms with Gasteiger partial charge in [-0.05, 0) is 69.2 Å². The first-order valence-electron chi connectivity index (χ1n) is 11.1. The maximum atomic E-state index is 12.9. The van der Waals surface area contributed by atoms with Crippen molar-refractivity contribution in [2.75, 3.05) is 0 Å². The Kier molecular flexibility index (Phi) is 5.37. The Morgan fingerprint density at radius 1 is 1.24 bits per heavy atom. The van der Waals surface area contributed by atoms with Gasteiger partial charge in [-0.1, -0.05) is 0 Å². The second kappa shape index (κ2) is 8.25. The predicted molar refractivity (Wildman–Crippen MR) is 125 cm³/mol. The molecule has 2 aliphatic rings. The standard InChI is InChI=1S/C24H24N6O3S/c1-13-19(12-27-30(13)17-5-3-15(11-25)4-6-17)22(32)29-16-7-24(8-16)9-18(10-24)33-23-20(21(26)31)34-14(2)28-23/h3-6,12,16,18H,7-10H2,1-2H3,(H2,26,31)(H,29,32). The molecule has 2 saturated carbocycles. The molecule has 0 unspecified atom stereocenters. The zero-order valence-corrected chi connectivity index (χ0v) is 19.7. The monoisotopic (exact) mass is 476 g/mol. The SMILES string of the molecule is Cc1nc(OC2CC3(CC(NC(=O)c4cnn(-c5ccc(C#N)cc5)c4C)C3)C2)c(C(N)=O)s1. The third-order valence-electron chi connectivity index (χ3n) is 6.72. The lowest BCUT2D eigenvalue weighted by Crippen LogP contribution is -2.58. The van der Waals surface area contributed by atoms with Crippen LogP contribution in [0.15, 0.2) is 30.5 Å². The Labute approximate surface area is 200 Å². The van der Waals surface area contributed by atoms with Gasteiger partial charge in [0.2, 0.25) is 5.88 Å². The number of amides is 2. The van der Waals surface area contributed by atoms with Crippen LogP contribution in [0, 0.1) is 30.6 Å². The molecule has 0 radical (unpaired) electrons. The molecule has 174 valence electrons. The molecule has 2 amide bonds. The van der Waals surface area contributed by atoms with Crippen LogP contribution in [0.3, 0.4) is 0 Å². The number of thiazole rings is 1. The zero-order chi connectivity index (χ0) is 24.0. The van der Waals surface area contributed by atoms with E-state index >= 15 is 0 Å². The van der Waals surface area contributed by atoms with E-state index in [2.05, 4.69) is 21.5 Å². The molecule has 0 bridgehead atoms. The molecular weight excluding hydrogens is 452 g/mol. The minimum atomic E-state index is -0.515. The molecule has 9 nitrogen and oxygen atoms in total. The summed E-state index contributed by atoms with van der Waals surface area (Å²) in [6.07, 6.45) is 5.16. The van der Waals surface area contributed by atoms with Crippen LogP contribution in [0.25, 0.3) is 5.69 Å². The summed E-state index contributed by atoms with van der Waals surface area (Å²) in [7, 11) is 0. The summed E-state index contributed by atoms with van der Waals surface area (Å²) in [6.45, 7) is 3.68. The third kappa shape index (κ3) is 3.92. The van der Waals surface area contributed by atoms with Crippen molar-refractivity contribution in [2.24, 2.45) is 11.1 Å². The van der Waals surface area contributed by atoms with Gasteiger partial charge < -0.3 is 15.8 Å². The average molecular weight is 477 g/mol. The molecule has 10 heteroatoms. The molecule has 3 N–H and O–H groups in total. The van der Waals surface area contributed by atoms with Crippen LogP contribution in [0.2, 0.25) is 0 Å². The van der Waals surface area contributed by atoms with Gasteiger partial charge in [-0.2, -0.15) is 10.4 Å². The van der Waals surface area contributed by atoms with Crippen LogP contribution >= 0.6 is 11.3 Å². The van der Waals surface area contributed by atoms with Crippen molar-refractivity contribution in [1.82, 2.24) is 20.1 Å². The van der Waals surface area contributed by atoms with Crippen molar-refractivity contribution in [3.05, 3.63) is 57.2 Å².